The van der Waals surface area contributed by atoms with E-state index in [1.165, 1.54) is 18.2 Å². The number of amides is 1. The van der Waals surface area contributed by atoms with E-state index in [1.807, 2.05) is 43.3 Å². The van der Waals surface area contributed by atoms with Gasteiger partial charge < -0.3 is 10.6 Å². The van der Waals surface area contributed by atoms with Crippen molar-refractivity contribution in [3.05, 3.63) is 98.6 Å². The number of carbonyl (C=O) groups excluding carboxylic acids is 1. The highest BCUT2D eigenvalue weighted by atomic mass is 35.5. The average molecular weight is 396 g/mol. The summed E-state index contributed by atoms with van der Waals surface area (Å²) in [5.41, 5.74) is 2.76. The van der Waals surface area contributed by atoms with Gasteiger partial charge in [-0.2, -0.15) is 0 Å². The summed E-state index contributed by atoms with van der Waals surface area (Å²) in [7, 11) is 0. The molecule has 0 unspecified atom stereocenters. The highest BCUT2D eigenvalue weighted by Gasteiger charge is 2.18. The fraction of sp³-hybridized carbons (Fsp3) is 0.0952. The Morgan fingerprint density at radius 1 is 1.04 bits per heavy atom. The number of carbonyl (C=O) groups is 1. The number of nitro groups is 1. The molecule has 0 saturated carbocycles. The zero-order chi connectivity index (χ0) is 20.1. The lowest BCUT2D eigenvalue weighted by atomic mass is 10.1. The van der Waals surface area contributed by atoms with Gasteiger partial charge in [0, 0.05) is 18.2 Å². The van der Waals surface area contributed by atoms with Crippen LogP contribution in [0.25, 0.3) is 0 Å². The molecular formula is C21H18ClN3O3. The summed E-state index contributed by atoms with van der Waals surface area (Å²) in [5.74, 6) is -0.469. The highest BCUT2D eigenvalue weighted by Crippen LogP contribution is 2.28. The second kappa shape index (κ2) is 8.54. The van der Waals surface area contributed by atoms with E-state index in [0.29, 0.717) is 22.9 Å². The van der Waals surface area contributed by atoms with E-state index in [2.05, 4.69) is 10.6 Å². The number of benzene rings is 3. The number of rotatable bonds is 6. The predicted molar refractivity (Wildman–Crippen MR) is 111 cm³/mol. The van der Waals surface area contributed by atoms with Gasteiger partial charge in [-0.15, -0.1) is 0 Å². The van der Waals surface area contributed by atoms with E-state index in [-0.39, 0.29) is 11.3 Å². The van der Waals surface area contributed by atoms with Crippen molar-refractivity contribution in [1.82, 2.24) is 0 Å². The first kappa shape index (κ1) is 19.4. The normalized spacial score (nSPS) is 10.4. The maximum Gasteiger partial charge on any atom is 0.293 e. The van der Waals surface area contributed by atoms with Crippen molar-refractivity contribution in [3.8, 4) is 0 Å². The molecule has 2 N–H and O–H groups in total. The molecule has 1 amide bonds. The van der Waals surface area contributed by atoms with Crippen molar-refractivity contribution in [3.63, 3.8) is 0 Å². The third-order valence-corrected chi connectivity index (χ3v) is 4.47. The summed E-state index contributed by atoms with van der Waals surface area (Å²) in [6.07, 6.45) is 0. The van der Waals surface area contributed by atoms with Gasteiger partial charge in [-0.3, -0.25) is 14.9 Å². The largest absolute Gasteiger partial charge is 0.375 e. The zero-order valence-electron chi connectivity index (χ0n) is 15.1. The second-order valence-corrected chi connectivity index (χ2v) is 6.67. The summed E-state index contributed by atoms with van der Waals surface area (Å²) in [4.78, 5) is 23.5. The van der Waals surface area contributed by atoms with Gasteiger partial charge in [0.15, 0.2) is 0 Å². The maximum atomic E-state index is 12.5. The molecule has 3 rings (SSSR count). The molecule has 0 radical (unpaired) electrons. The van der Waals surface area contributed by atoms with Crippen molar-refractivity contribution in [2.24, 2.45) is 0 Å². The van der Waals surface area contributed by atoms with Crippen molar-refractivity contribution >= 4 is 34.6 Å². The molecule has 7 heteroatoms. The molecule has 0 atom stereocenters. The fourth-order valence-electron chi connectivity index (χ4n) is 2.68. The van der Waals surface area contributed by atoms with Crippen LogP contribution in [0.15, 0.2) is 66.7 Å². The van der Waals surface area contributed by atoms with Gasteiger partial charge in [-0.25, -0.2) is 0 Å². The number of hydrogen-bond acceptors (Lipinski definition) is 4. The van der Waals surface area contributed by atoms with Crippen molar-refractivity contribution in [1.29, 1.82) is 0 Å². The van der Waals surface area contributed by atoms with E-state index in [4.69, 9.17) is 11.6 Å². The van der Waals surface area contributed by atoms with Gasteiger partial charge in [0.1, 0.15) is 5.69 Å². The highest BCUT2D eigenvalue weighted by molar-refractivity contribution is 6.34. The molecule has 142 valence electrons. The number of nitrogens with one attached hydrogen (secondary N) is 2. The van der Waals surface area contributed by atoms with E-state index in [9.17, 15) is 14.9 Å². The SMILES string of the molecule is Cc1ccc(NC(=O)c2ccc(NCc3ccccc3)c([N+](=O)[O-])c2)c(Cl)c1. The van der Waals surface area contributed by atoms with Crippen molar-refractivity contribution in [2.75, 3.05) is 10.6 Å². The molecule has 0 aliphatic carbocycles. The summed E-state index contributed by atoms with van der Waals surface area (Å²) < 4.78 is 0. The summed E-state index contributed by atoms with van der Waals surface area (Å²) >= 11 is 6.13. The molecule has 0 aromatic heterocycles. The van der Waals surface area contributed by atoms with Crippen molar-refractivity contribution in [2.45, 2.75) is 13.5 Å². The van der Waals surface area contributed by atoms with Crippen LogP contribution in [0.4, 0.5) is 17.1 Å². The first-order chi connectivity index (χ1) is 13.4. The molecule has 28 heavy (non-hydrogen) atoms. The Bertz CT molecular complexity index is 1020. The number of halogens is 1. The number of nitrogens with zero attached hydrogens (tertiary/aromatic N) is 1. The van der Waals surface area contributed by atoms with Gasteiger partial charge in [0.25, 0.3) is 11.6 Å². The fourth-order valence-corrected chi connectivity index (χ4v) is 2.96. The first-order valence-electron chi connectivity index (χ1n) is 8.58. The number of nitro benzene ring substituents is 1. The smallest absolute Gasteiger partial charge is 0.293 e. The number of anilines is 2. The quantitative estimate of drug-likeness (QED) is 0.431. The molecular weight excluding hydrogens is 378 g/mol. The molecule has 3 aromatic rings. The Morgan fingerprint density at radius 2 is 1.75 bits per heavy atom. The molecule has 0 aliphatic rings. The molecule has 3 aromatic carbocycles. The Labute approximate surface area is 167 Å². The lowest BCUT2D eigenvalue weighted by molar-refractivity contribution is -0.384. The van der Waals surface area contributed by atoms with Crippen LogP contribution in [-0.4, -0.2) is 10.8 Å². The van der Waals surface area contributed by atoms with Crippen LogP contribution in [0, 0.1) is 17.0 Å². The standard InChI is InChI=1S/C21H18ClN3O3/c1-14-7-9-18(17(22)11-14)24-21(26)16-8-10-19(20(12-16)25(27)28)23-13-15-5-3-2-4-6-15/h2-12,23H,13H2,1H3,(H,24,26). The molecule has 0 saturated heterocycles. The van der Waals surface area contributed by atoms with E-state index in [1.54, 1.807) is 12.1 Å². The monoisotopic (exact) mass is 395 g/mol. The van der Waals surface area contributed by atoms with Crippen molar-refractivity contribution < 1.29 is 9.72 Å². The average Bonchev–Trinajstić information content (AvgIpc) is 2.69. The molecule has 0 spiro atoms. The maximum absolute atomic E-state index is 12.5. The summed E-state index contributed by atoms with van der Waals surface area (Å²) in [6, 6.07) is 19.1. The van der Waals surface area contributed by atoms with Crippen LogP contribution < -0.4 is 10.6 Å². The van der Waals surface area contributed by atoms with Crippen LogP contribution >= 0.6 is 11.6 Å². The Hall–Kier alpha value is -3.38. The van der Waals surface area contributed by atoms with E-state index in [0.717, 1.165) is 11.1 Å². The zero-order valence-corrected chi connectivity index (χ0v) is 15.9. The van der Waals surface area contributed by atoms with Gasteiger partial charge in [0.2, 0.25) is 0 Å². The van der Waals surface area contributed by atoms with Crippen LogP contribution in [0.2, 0.25) is 5.02 Å². The van der Waals surface area contributed by atoms with Crippen LogP contribution in [-0.2, 0) is 6.54 Å². The lowest BCUT2D eigenvalue weighted by Crippen LogP contribution is -2.13. The van der Waals surface area contributed by atoms with Crippen LogP contribution in [0.1, 0.15) is 21.5 Å². The summed E-state index contributed by atoms with van der Waals surface area (Å²) in [5, 5.41) is 17.6. The number of hydrogen-bond donors (Lipinski definition) is 2. The van der Waals surface area contributed by atoms with Crippen LogP contribution in [0.3, 0.4) is 0 Å². The minimum atomic E-state index is -0.511. The predicted octanol–water partition coefficient (Wildman–Crippen LogP) is 5.42. The Kier molecular flexibility index (Phi) is 5.91. The molecule has 6 nitrogen and oxygen atoms in total. The molecule has 0 heterocycles. The minimum Gasteiger partial charge on any atom is -0.375 e. The first-order valence-corrected chi connectivity index (χ1v) is 8.95. The van der Waals surface area contributed by atoms with Gasteiger partial charge >= 0.3 is 0 Å². The third-order valence-electron chi connectivity index (χ3n) is 4.16. The number of aryl methyl sites for hydroxylation is 1. The summed E-state index contributed by atoms with van der Waals surface area (Å²) in [6.45, 7) is 2.33. The molecule has 0 bridgehead atoms. The third kappa shape index (κ3) is 4.66. The Morgan fingerprint density at radius 3 is 2.43 bits per heavy atom. The minimum absolute atomic E-state index is 0.168. The lowest BCUT2D eigenvalue weighted by Gasteiger charge is -2.10. The second-order valence-electron chi connectivity index (χ2n) is 6.27. The Balaban J connectivity index is 1.79. The van der Waals surface area contributed by atoms with E-state index < -0.39 is 10.8 Å². The van der Waals surface area contributed by atoms with Crippen LogP contribution in [0.5, 0.6) is 0 Å². The molecule has 0 fully saturated rings. The topological polar surface area (TPSA) is 84.3 Å². The van der Waals surface area contributed by atoms with Gasteiger partial charge in [0.05, 0.1) is 15.6 Å². The molecule has 0 aliphatic heterocycles. The van der Waals surface area contributed by atoms with Gasteiger partial charge in [-0.05, 0) is 42.3 Å². The van der Waals surface area contributed by atoms with E-state index >= 15 is 0 Å². The van der Waals surface area contributed by atoms with Gasteiger partial charge in [-0.1, -0.05) is 48.0 Å².